The molecule has 0 radical (unpaired) electrons. The largest absolute Gasteiger partial charge is 0.396 e. The minimum atomic E-state index is 0.708. The van der Waals surface area contributed by atoms with Crippen molar-refractivity contribution in [1.29, 1.82) is 0 Å². The van der Waals surface area contributed by atoms with Crippen LogP contribution < -0.4 is 5.73 Å². The summed E-state index contributed by atoms with van der Waals surface area (Å²) < 4.78 is 0. The third-order valence-electron chi connectivity index (χ3n) is 1.68. The molecular formula is C8H9N3. The molecule has 0 aromatic carbocycles. The molecule has 56 valence electrons. The fourth-order valence-electron chi connectivity index (χ4n) is 1.13. The van der Waals surface area contributed by atoms with Crippen LogP contribution in [0.2, 0.25) is 0 Å². The number of nitrogens with one attached hydrogen (secondary N) is 1. The molecule has 0 amide bonds. The molecule has 2 aromatic rings. The van der Waals surface area contributed by atoms with Gasteiger partial charge in [-0.3, -0.25) is 4.98 Å². The number of rotatable bonds is 0. The number of nitrogens with two attached hydrogens (primary N) is 1. The summed E-state index contributed by atoms with van der Waals surface area (Å²) in [5.41, 5.74) is 9.34. The summed E-state index contributed by atoms with van der Waals surface area (Å²) in [6, 6.07) is 2.03. The minimum Gasteiger partial charge on any atom is -0.396 e. The molecular weight excluding hydrogens is 138 g/mol. The first-order valence-corrected chi connectivity index (χ1v) is 3.46. The van der Waals surface area contributed by atoms with Crippen molar-refractivity contribution in [2.45, 2.75) is 6.92 Å². The molecule has 0 saturated heterocycles. The SMILES string of the molecule is Cc1cnc2c(N)c[nH]c2c1. The normalized spacial score (nSPS) is 10.6. The lowest BCUT2D eigenvalue weighted by atomic mass is 10.3. The van der Waals surface area contributed by atoms with Gasteiger partial charge in [-0.2, -0.15) is 0 Å². The minimum absolute atomic E-state index is 0.708. The number of hydrogen-bond acceptors (Lipinski definition) is 2. The summed E-state index contributed by atoms with van der Waals surface area (Å²) in [5, 5.41) is 0. The third-order valence-corrected chi connectivity index (χ3v) is 1.68. The zero-order chi connectivity index (χ0) is 7.84. The van der Waals surface area contributed by atoms with Gasteiger partial charge in [-0.1, -0.05) is 0 Å². The smallest absolute Gasteiger partial charge is 0.111 e. The maximum Gasteiger partial charge on any atom is 0.111 e. The number of H-pyrrole nitrogens is 1. The van der Waals surface area contributed by atoms with Gasteiger partial charge in [0.15, 0.2) is 0 Å². The van der Waals surface area contributed by atoms with Crippen LogP contribution in [0.1, 0.15) is 5.56 Å². The summed E-state index contributed by atoms with van der Waals surface area (Å²) in [7, 11) is 0. The van der Waals surface area contributed by atoms with Crippen molar-refractivity contribution < 1.29 is 0 Å². The molecule has 2 aromatic heterocycles. The van der Waals surface area contributed by atoms with Crippen LogP contribution in [-0.4, -0.2) is 9.97 Å². The van der Waals surface area contributed by atoms with Gasteiger partial charge in [-0.25, -0.2) is 0 Å². The zero-order valence-corrected chi connectivity index (χ0v) is 6.26. The van der Waals surface area contributed by atoms with Gasteiger partial charge < -0.3 is 10.7 Å². The van der Waals surface area contributed by atoms with Crippen molar-refractivity contribution in [2.24, 2.45) is 0 Å². The van der Waals surface area contributed by atoms with E-state index in [0.29, 0.717) is 5.69 Å². The fourth-order valence-corrected chi connectivity index (χ4v) is 1.13. The van der Waals surface area contributed by atoms with Crippen LogP contribution in [0, 0.1) is 6.92 Å². The first-order valence-electron chi connectivity index (χ1n) is 3.46. The van der Waals surface area contributed by atoms with Gasteiger partial charge in [0.2, 0.25) is 0 Å². The lowest BCUT2D eigenvalue weighted by Crippen LogP contribution is -1.83. The Bertz CT molecular complexity index is 389. The van der Waals surface area contributed by atoms with E-state index in [1.165, 1.54) is 0 Å². The predicted octanol–water partition coefficient (Wildman–Crippen LogP) is 1.45. The lowest BCUT2D eigenvalue weighted by molar-refractivity contribution is 1.33. The molecule has 2 rings (SSSR count). The van der Waals surface area contributed by atoms with Crippen molar-refractivity contribution in [1.82, 2.24) is 9.97 Å². The molecule has 0 aliphatic carbocycles. The summed E-state index contributed by atoms with van der Waals surface area (Å²) >= 11 is 0. The second kappa shape index (κ2) is 1.99. The molecule has 0 unspecified atom stereocenters. The quantitative estimate of drug-likeness (QED) is 0.592. The molecule has 0 atom stereocenters. The van der Waals surface area contributed by atoms with Gasteiger partial charge in [0.1, 0.15) is 5.52 Å². The number of anilines is 1. The van der Waals surface area contributed by atoms with Crippen molar-refractivity contribution in [3.63, 3.8) is 0 Å². The predicted molar refractivity (Wildman–Crippen MR) is 45.2 cm³/mol. The first-order chi connectivity index (χ1) is 5.27. The maximum atomic E-state index is 5.63. The van der Waals surface area contributed by atoms with Crippen LogP contribution >= 0.6 is 0 Å². The molecule has 3 nitrogen and oxygen atoms in total. The average Bonchev–Trinajstić information content (AvgIpc) is 2.32. The van der Waals surface area contributed by atoms with Crippen molar-refractivity contribution in [3.8, 4) is 0 Å². The second-order valence-corrected chi connectivity index (χ2v) is 2.65. The summed E-state index contributed by atoms with van der Waals surface area (Å²) in [4.78, 5) is 7.23. The summed E-state index contributed by atoms with van der Waals surface area (Å²) in [6.07, 6.45) is 3.57. The molecule has 3 heteroatoms. The highest BCUT2D eigenvalue weighted by molar-refractivity contribution is 5.87. The maximum absolute atomic E-state index is 5.63. The number of nitrogen functional groups attached to an aromatic ring is 1. The molecule has 0 spiro atoms. The van der Waals surface area contributed by atoms with Crippen LogP contribution in [0.3, 0.4) is 0 Å². The monoisotopic (exact) mass is 147 g/mol. The van der Waals surface area contributed by atoms with E-state index >= 15 is 0 Å². The average molecular weight is 147 g/mol. The Morgan fingerprint density at radius 3 is 3.18 bits per heavy atom. The Hall–Kier alpha value is -1.51. The van der Waals surface area contributed by atoms with Crippen LogP contribution in [0.4, 0.5) is 5.69 Å². The van der Waals surface area contributed by atoms with Gasteiger partial charge >= 0.3 is 0 Å². The van der Waals surface area contributed by atoms with E-state index in [1.807, 2.05) is 19.2 Å². The summed E-state index contributed by atoms with van der Waals surface area (Å²) in [6.45, 7) is 2.00. The van der Waals surface area contributed by atoms with Crippen molar-refractivity contribution in [2.75, 3.05) is 5.73 Å². The summed E-state index contributed by atoms with van der Waals surface area (Å²) in [5.74, 6) is 0. The van der Waals surface area contributed by atoms with Crippen LogP contribution in [0.5, 0.6) is 0 Å². The Morgan fingerprint density at radius 2 is 2.36 bits per heavy atom. The molecule has 11 heavy (non-hydrogen) atoms. The molecule has 0 fully saturated rings. The first kappa shape index (κ1) is 6.22. The lowest BCUT2D eigenvalue weighted by Gasteiger charge is -1.91. The molecule has 0 aliphatic rings. The number of aromatic nitrogens is 2. The Morgan fingerprint density at radius 1 is 1.55 bits per heavy atom. The second-order valence-electron chi connectivity index (χ2n) is 2.65. The van der Waals surface area contributed by atoms with E-state index in [0.717, 1.165) is 16.6 Å². The van der Waals surface area contributed by atoms with Crippen LogP contribution in [0.25, 0.3) is 11.0 Å². The molecule has 3 N–H and O–H groups in total. The number of nitrogens with zero attached hydrogens (tertiary/aromatic N) is 1. The number of aromatic amines is 1. The number of hydrogen-bond donors (Lipinski definition) is 2. The van der Waals surface area contributed by atoms with E-state index < -0.39 is 0 Å². The number of pyridine rings is 1. The van der Waals surface area contributed by atoms with Crippen LogP contribution in [-0.2, 0) is 0 Å². The molecule has 0 aliphatic heterocycles. The van der Waals surface area contributed by atoms with E-state index in [-0.39, 0.29) is 0 Å². The Labute approximate surface area is 64.2 Å². The molecule has 0 saturated carbocycles. The van der Waals surface area contributed by atoms with E-state index in [9.17, 15) is 0 Å². The van der Waals surface area contributed by atoms with Gasteiger partial charge in [-0.15, -0.1) is 0 Å². The van der Waals surface area contributed by atoms with Gasteiger partial charge in [0.05, 0.1) is 11.2 Å². The van der Waals surface area contributed by atoms with Crippen molar-refractivity contribution >= 4 is 16.7 Å². The highest BCUT2D eigenvalue weighted by atomic mass is 14.8. The Kier molecular flexibility index (Phi) is 1.12. The standard InChI is InChI=1S/C8H9N3/c1-5-2-7-8(11-3-5)6(9)4-10-7/h2-4,10H,9H2,1H3. The zero-order valence-electron chi connectivity index (χ0n) is 6.26. The molecule has 0 bridgehead atoms. The van der Waals surface area contributed by atoms with E-state index in [1.54, 1.807) is 6.20 Å². The van der Waals surface area contributed by atoms with E-state index in [2.05, 4.69) is 9.97 Å². The highest BCUT2D eigenvalue weighted by Crippen LogP contribution is 2.17. The van der Waals surface area contributed by atoms with Gasteiger partial charge in [0.25, 0.3) is 0 Å². The highest BCUT2D eigenvalue weighted by Gasteiger charge is 1.99. The van der Waals surface area contributed by atoms with Crippen LogP contribution in [0.15, 0.2) is 18.5 Å². The van der Waals surface area contributed by atoms with E-state index in [4.69, 9.17) is 5.73 Å². The Balaban J connectivity index is 2.86. The van der Waals surface area contributed by atoms with Crippen molar-refractivity contribution in [3.05, 3.63) is 24.0 Å². The topological polar surface area (TPSA) is 54.7 Å². The van der Waals surface area contributed by atoms with Gasteiger partial charge in [-0.05, 0) is 18.6 Å². The molecule has 2 heterocycles. The third kappa shape index (κ3) is 0.852. The number of fused-ring (bicyclic) bond motifs is 1. The fraction of sp³-hybridized carbons (Fsp3) is 0.125. The van der Waals surface area contributed by atoms with Gasteiger partial charge in [0, 0.05) is 12.4 Å². The number of aryl methyl sites for hydroxylation is 1.